The highest BCUT2D eigenvalue weighted by Gasteiger charge is 2.09. The van der Waals surface area contributed by atoms with Crippen LogP contribution in [0.15, 0.2) is 36.4 Å². The van der Waals surface area contributed by atoms with Crippen LogP contribution in [0.25, 0.3) is 6.08 Å². The van der Waals surface area contributed by atoms with Gasteiger partial charge in [-0.25, -0.2) is 4.39 Å². The Morgan fingerprint density at radius 1 is 1.37 bits per heavy atom. The van der Waals surface area contributed by atoms with Gasteiger partial charge >= 0.3 is 0 Å². The third kappa shape index (κ3) is 3.43. The minimum absolute atomic E-state index is 0.0136. The number of allylic oxidation sites excluding steroid dienone is 1. The Balaban J connectivity index is 2.18. The molecule has 2 rings (SSSR count). The van der Waals surface area contributed by atoms with Gasteiger partial charge in [0.15, 0.2) is 5.78 Å². The SMILES string of the molecule is COc1ccc(C(=O)/C=C/c2ccc(Cl)s2)c(F)c1. The monoisotopic (exact) mass is 296 g/mol. The van der Waals surface area contributed by atoms with Gasteiger partial charge in [0.1, 0.15) is 11.6 Å². The van der Waals surface area contributed by atoms with E-state index < -0.39 is 11.6 Å². The second-order valence-electron chi connectivity index (χ2n) is 3.69. The number of benzene rings is 1. The molecule has 0 bridgehead atoms. The van der Waals surface area contributed by atoms with Crippen LogP contribution in [0.3, 0.4) is 0 Å². The summed E-state index contributed by atoms with van der Waals surface area (Å²) >= 11 is 7.12. The molecule has 0 saturated carbocycles. The molecule has 0 amide bonds. The fourth-order valence-corrected chi connectivity index (χ4v) is 2.45. The molecule has 19 heavy (non-hydrogen) atoms. The first kappa shape index (κ1) is 13.8. The van der Waals surface area contributed by atoms with Crippen molar-refractivity contribution >= 4 is 34.8 Å². The molecule has 5 heteroatoms. The molecule has 98 valence electrons. The van der Waals surface area contributed by atoms with Crippen LogP contribution in [0, 0.1) is 5.82 Å². The highest BCUT2D eigenvalue weighted by molar-refractivity contribution is 7.17. The van der Waals surface area contributed by atoms with Gasteiger partial charge in [0.25, 0.3) is 0 Å². The van der Waals surface area contributed by atoms with E-state index in [1.807, 2.05) is 0 Å². The van der Waals surface area contributed by atoms with Gasteiger partial charge in [-0.1, -0.05) is 11.6 Å². The molecule has 0 radical (unpaired) electrons. The number of carbonyl (C=O) groups excluding carboxylic acids is 1. The van der Waals surface area contributed by atoms with Crippen molar-refractivity contribution in [2.75, 3.05) is 7.11 Å². The Morgan fingerprint density at radius 3 is 2.74 bits per heavy atom. The lowest BCUT2D eigenvalue weighted by Gasteiger charge is -2.02. The molecule has 0 saturated heterocycles. The van der Waals surface area contributed by atoms with Crippen LogP contribution in [0.4, 0.5) is 4.39 Å². The van der Waals surface area contributed by atoms with E-state index in [1.54, 1.807) is 24.3 Å². The summed E-state index contributed by atoms with van der Waals surface area (Å²) in [6.45, 7) is 0. The lowest BCUT2D eigenvalue weighted by atomic mass is 10.1. The van der Waals surface area contributed by atoms with Crippen molar-refractivity contribution in [3.8, 4) is 5.75 Å². The van der Waals surface area contributed by atoms with E-state index in [9.17, 15) is 9.18 Å². The topological polar surface area (TPSA) is 26.3 Å². The third-order valence-corrected chi connectivity index (χ3v) is 3.63. The van der Waals surface area contributed by atoms with Gasteiger partial charge in [-0.05, 0) is 36.4 Å². The van der Waals surface area contributed by atoms with Gasteiger partial charge in [0.2, 0.25) is 0 Å². The number of halogens is 2. The van der Waals surface area contributed by atoms with Crippen molar-refractivity contribution in [1.29, 1.82) is 0 Å². The molecule has 2 aromatic rings. The van der Waals surface area contributed by atoms with Gasteiger partial charge in [0, 0.05) is 10.9 Å². The first-order chi connectivity index (χ1) is 9.10. The molecule has 0 aliphatic rings. The number of hydrogen-bond donors (Lipinski definition) is 0. The summed E-state index contributed by atoms with van der Waals surface area (Å²) in [7, 11) is 1.44. The number of methoxy groups -OCH3 is 1. The standard InChI is InChI=1S/C14H10ClFO2S/c1-18-9-2-5-11(12(16)8-9)13(17)6-3-10-4-7-14(15)19-10/h2-8H,1H3/b6-3+. The molecule has 1 aromatic heterocycles. The summed E-state index contributed by atoms with van der Waals surface area (Å²) in [5.41, 5.74) is 0.0136. The summed E-state index contributed by atoms with van der Waals surface area (Å²) in [6.07, 6.45) is 2.94. The maximum Gasteiger partial charge on any atom is 0.188 e. The van der Waals surface area contributed by atoms with Crippen LogP contribution >= 0.6 is 22.9 Å². The molecule has 1 aromatic carbocycles. The number of ketones is 1. The van der Waals surface area contributed by atoms with E-state index in [-0.39, 0.29) is 5.56 Å². The first-order valence-electron chi connectivity index (χ1n) is 5.41. The molecule has 1 heterocycles. The zero-order valence-corrected chi connectivity index (χ0v) is 11.6. The molecule has 0 spiro atoms. The molecule has 0 aliphatic heterocycles. The average molecular weight is 297 g/mol. The number of ether oxygens (including phenoxy) is 1. The summed E-state index contributed by atoms with van der Waals surface area (Å²) < 4.78 is 19.2. The Hall–Kier alpha value is -1.65. The Labute approximate surface area is 119 Å². The summed E-state index contributed by atoms with van der Waals surface area (Å²) in [4.78, 5) is 12.7. The number of thiophene rings is 1. The van der Waals surface area contributed by atoms with E-state index in [4.69, 9.17) is 16.3 Å². The molecular weight excluding hydrogens is 287 g/mol. The summed E-state index contributed by atoms with van der Waals surface area (Å²) in [6, 6.07) is 7.67. The summed E-state index contributed by atoms with van der Waals surface area (Å²) in [5, 5.41) is 0. The lowest BCUT2D eigenvalue weighted by molar-refractivity contribution is 0.104. The second kappa shape index (κ2) is 5.99. The van der Waals surface area contributed by atoms with E-state index in [0.29, 0.717) is 10.1 Å². The van der Waals surface area contributed by atoms with Gasteiger partial charge in [0.05, 0.1) is 17.0 Å². The Bertz CT molecular complexity index is 634. The van der Waals surface area contributed by atoms with Crippen molar-refractivity contribution < 1.29 is 13.9 Å². The zero-order valence-electron chi connectivity index (χ0n) is 10.0. The van der Waals surface area contributed by atoms with Crippen molar-refractivity contribution in [2.45, 2.75) is 0 Å². The normalized spacial score (nSPS) is 10.9. The van der Waals surface area contributed by atoms with Crippen molar-refractivity contribution in [1.82, 2.24) is 0 Å². The van der Waals surface area contributed by atoms with E-state index in [2.05, 4.69) is 0 Å². The van der Waals surface area contributed by atoms with Gasteiger partial charge in [-0.3, -0.25) is 4.79 Å². The fraction of sp³-hybridized carbons (Fsp3) is 0.0714. The third-order valence-electron chi connectivity index (χ3n) is 2.43. The van der Waals surface area contributed by atoms with E-state index >= 15 is 0 Å². The highest BCUT2D eigenvalue weighted by Crippen LogP contribution is 2.23. The smallest absolute Gasteiger partial charge is 0.188 e. The average Bonchev–Trinajstić information content (AvgIpc) is 2.81. The first-order valence-corrected chi connectivity index (χ1v) is 6.61. The lowest BCUT2D eigenvalue weighted by Crippen LogP contribution is -1.99. The highest BCUT2D eigenvalue weighted by atomic mass is 35.5. The van der Waals surface area contributed by atoms with Crippen LogP contribution in [0.5, 0.6) is 5.75 Å². The van der Waals surface area contributed by atoms with E-state index in [0.717, 1.165) is 4.88 Å². The van der Waals surface area contributed by atoms with Gasteiger partial charge < -0.3 is 4.74 Å². The molecule has 0 N–H and O–H groups in total. The number of carbonyl (C=O) groups is 1. The van der Waals surface area contributed by atoms with Crippen molar-refractivity contribution in [2.24, 2.45) is 0 Å². The number of hydrogen-bond acceptors (Lipinski definition) is 3. The van der Waals surface area contributed by atoms with Crippen molar-refractivity contribution in [3.05, 3.63) is 57.0 Å². The van der Waals surface area contributed by atoms with Crippen LogP contribution in [0.1, 0.15) is 15.2 Å². The largest absolute Gasteiger partial charge is 0.497 e. The van der Waals surface area contributed by atoms with Gasteiger partial charge in [-0.15, -0.1) is 11.3 Å². The predicted octanol–water partition coefficient (Wildman–Crippen LogP) is 4.45. The minimum Gasteiger partial charge on any atom is -0.497 e. The molecule has 0 unspecified atom stereocenters. The minimum atomic E-state index is -0.599. The molecular formula is C14H10ClFO2S. The Kier molecular flexibility index (Phi) is 4.35. The van der Waals surface area contributed by atoms with Crippen LogP contribution in [0.2, 0.25) is 4.34 Å². The molecule has 0 aliphatic carbocycles. The Morgan fingerprint density at radius 2 is 2.16 bits per heavy atom. The van der Waals surface area contributed by atoms with Crippen molar-refractivity contribution in [3.63, 3.8) is 0 Å². The predicted molar refractivity (Wildman–Crippen MR) is 75.6 cm³/mol. The second-order valence-corrected chi connectivity index (χ2v) is 5.43. The molecule has 2 nitrogen and oxygen atoms in total. The molecule has 0 atom stereocenters. The summed E-state index contributed by atoms with van der Waals surface area (Å²) in [5.74, 6) is -0.619. The quantitative estimate of drug-likeness (QED) is 0.615. The van der Waals surface area contributed by atoms with Gasteiger partial charge in [-0.2, -0.15) is 0 Å². The zero-order chi connectivity index (χ0) is 13.8. The van der Waals surface area contributed by atoms with Crippen LogP contribution in [-0.2, 0) is 0 Å². The van der Waals surface area contributed by atoms with E-state index in [1.165, 1.54) is 36.7 Å². The van der Waals surface area contributed by atoms with Crippen LogP contribution < -0.4 is 4.74 Å². The maximum atomic E-state index is 13.7. The number of rotatable bonds is 4. The fourth-order valence-electron chi connectivity index (χ4n) is 1.49. The van der Waals surface area contributed by atoms with Crippen LogP contribution in [-0.4, -0.2) is 12.9 Å². The maximum absolute atomic E-state index is 13.7. The molecule has 0 fully saturated rings.